The average molecular weight is 427 g/mol. The minimum atomic E-state index is -0.670. The van der Waals surface area contributed by atoms with Gasteiger partial charge in [0.25, 0.3) is 5.56 Å². The molecule has 166 valence electrons. The number of ether oxygens (including phenoxy) is 1. The number of aliphatic hydroxyl groups is 1. The van der Waals surface area contributed by atoms with Crippen LogP contribution in [0.5, 0.6) is 0 Å². The van der Waals surface area contributed by atoms with Gasteiger partial charge in [0.2, 0.25) is 5.91 Å². The van der Waals surface area contributed by atoms with Crippen LogP contribution in [0.2, 0.25) is 0 Å². The van der Waals surface area contributed by atoms with Gasteiger partial charge in [-0.15, -0.1) is 0 Å². The van der Waals surface area contributed by atoms with E-state index in [1.165, 1.54) is 7.11 Å². The van der Waals surface area contributed by atoms with Crippen LogP contribution in [0.4, 0.5) is 0 Å². The van der Waals surface area contributed by atoms with Gasteiger partial charge in [0, 0.05) is 36.7 Å². The van der Waals surface area contributed by atoms with Crippen molar-refractivity contribution in [3.63, 3.8) is 0 Å². The molecule has 4 atom stereocenters. The van der Waals surface area contributed by atoms with Gasteiger partial charge in [-0.2, -0.15) is 0 Å². The Labute approximate surface area is 181 Å². The maximum atomic E-state index is 13.5. The Hall–Kier alpha value is -2.41. The summed E-state index contributed by atoms with van der Waals surface area (Å²) in [5, 5.41) is 10.2. The summed E-state index contributed by atoms with van der Waals surface area (Å²) in [5.41, 5.74) is 2.43. The van der Waals surface area contributed by atoms with Crippen LogP contribution in [0.25, 0.3) is 5.57 Å². The van der Waals surface area contributed by atoms with Gasteiger partial charge >= 0.3 is 5.97 Å². The molecule has 3 heterocycles. The van der Waals surface area contributed by atoms with E-state index in [2.05, 4.69) is 6.08 Å². The van der Waals surface area contributed by atoms with Crippen LogP contribution in [-0.2, 0) is 20.9 Å². The average Bonchev–Trinajstić information content (AvgIpc) is 3.57. The zero-order valence-corrected chi connectivity index (χ0v) is 18.0. The van der Waals surface area contributed by atoms with E-state index in [0.29, 0.717) is 24.6 Å². The highest BCUT2D eigenvalue weighted by molar-refractivity contribution is 5.82. The second-order valence-corrected chi connectivity index (χ2v) is 9.42. The quantitative estimate of drug-likeness (QED) is 0.730. The summed E-state index contributed by atoms with van der Waals surface area (Å²) in [5.74, 6) is -1.12. The third-order valence-corrected chi connectivity index (χ3v) is 7.60. The molecule has 1 N–H and O–H groups in total. The lowest BCUT2D eigenvalue weighted by Gasteiger charge is -2.38. The molecule has 0 unspecified atom stereocenters. The fourth-order valence-corrected chi connectivity index (χ4v) is 5.85. The van der Waals surface area contributed by atoms with Gasteiger partial charge in [-0.05, 0) is 62.1 Å². The Bertz CT molecular complexity index is 992. The van der Waals surface area contributed by atoms with Gasteiger partial charge in [-0.1, -0.05) is 6.08 Å². The predicted molar refractivity (Wildman–Crippen MR) is 114 cm³/mol. The molecule has 1 aromatic heterocycles. The van der Waals surface area contributed by atoms with E-state index in [4.69, 9.17) is 4.74 Å². The SMILES string of the molecule is COC(=O)[C@@H]1[C@@H](CO)[C@@H]2Cn3c(ccc(C4=CCCCC4)c3=O)[C@H]1N2C(=O)CC1CC1. The number of allylic oxidation sites excluding steroid dienone is 2. The van der Waals surface area contributed by atoms with Crippen molar-refractivity contribution in [2.75, 3.05) is 13.7 Å². The first-order valence-corrected chi connectivity index (χ1v) is 11.5. The summed E-state index contributed by atoms with van der Waals surface area (Å²) in [6.07, 6.45) is 8.87. The van der Waals surface area contributed by atoms with Crippen molar-refractivity contribution in [2.24, 2.45) is 17.8 Å². The molecule has 4 aliphatic rings. The number of carbonyl (C=O) groups is 2. The number of fused-ring (bicyclic) bond motifs is 4. The van der Waals surface area contributed by atoms with E-state index in [1.807, 2.05) is 12.1 Å². The normalized spacial score (nSPS) is 29.4. The van der Waals surface area contributed by atoms with Crippen LogP contribution < -0.4 is 5.56 Å². The molecule has 1 amide bonds. The number of rotatable bonds is 5. The molecule has 0 aromatic carbocycles. The molecule has 7 heteroatoms. The van der Waals surface area contributed by atoms with E-state index in [9.17, 15) is 19.5 Å². The van der Waals surface area contributed by atoms with Gasteiger partial charge in [-0.25, -0.2) is 0 Å². The molecule has 1 aromatic rings. The number of nitrogens with zero attached hydrogens (tertiary/aromatic N) is 2. The lowest BCUT2D eigenvalue weighted by atomic mass is 9.87. The van der Waals surface area contributed by atoms with Crippen molar-refractivity contribution in [1.82, 2.24) is 9.47 Å². The maximum absolute atomic E-state index is 13.5. The van der Waals surface area contributed by atoms with Crippen molar-refractivity contribution >= 4 is 17.4 Å². The Kier molecular flexibility index (Phi) is 5.24. The Morgan fingerprint density at radius 2 is 2.03 bits per heavy atom. The lowest BCUT2D eigenvalue weighted by Crippen LogP contribution is -2.49. The number of esters is 1. The van der Waals surface area contributed by atoms with Crippen LogP contribution >= 0.6 is 0 Å². The van der Waals surface area contributed by atoms with Crippen LogP contribution in [0.3, 0.4) is 0 Å². The number of methoxy groups -OCH3 is 1. The summed E-state index contributed by atoms with van der Waals surface area (Å²) in [4.78, 5) is 41.3. The van der Waals surface area contributed by atoms with Gasteiger partial charge in [0.15, 0.2) is 0 Å². The van der Waals surface area contributed by atoms with E-state index < -0.39 is 23.8 Å². The summed E-state index contributed by atoms with van der Waals surface area (Å²) in [6.45, 7) is 0.0792. The van der Waals surface area contributed by atoms with Crippen molar-refractivity contribution in [3.8, 4) is 0 Å². The van der Waals surface area contributed by atoms with Gasteiger partial charge in [0.05, 0.1) is 25.1 Å². The van der Waals surface area contributed by atoms with Gasteiger partial charge in [0.1, 0.15) is 0 Å². The second kappa shape index (κ2) is 7.93. The highest BCUT2D eigenvalue weighted by Crippen LogP contribution is 2.50. The fourth-order valence-electron chi connectivity index (χ4n) is 5.85. The monoisotopic (exact) mass is 426 g/mol. The minimum Gasteiger partial charge on any atom is -0.469 e. The predicted octanol–water partition coefficient (Wildman–Crippen LogP) is 2.27. The largest absolute Gasteiger partial charge is 0.469 e. The van der Waals surface area contributed by atoms with E-state index in [1.54, 1.807) is 9.47 Å². The second-order valence-electron chi connectivity index (χ2n) is 9.42. The summed E-state index contributed by atoms with van der Waals surface area (Å²) < 4.78 is 6.82. The number of aromatic nitrogens is 1. The molecule has 1 saturated heterocycles. The van der Waals surface area contributed by atoms with Crippen molar-refractivity contribution < 1.29 is 19.4 Å². The zero-order chi connectivity index (χ0) is 21.7. The Morgan fingerprint density at radius 3 is 2.68 bits per heavy atom. The summed E-state index contributed by atoms with van der Waals surface area (Å²) in [7, 11) is 1.33. The molecule has 7 nitrogen and oxygen atoms in total. The fraction of sp³-hybridized carbons (Fsp3) is 0.625. The topological polar surface area (TPSA) is 88.8 Å². The lowest BCUT2D eigenvalue weighted by molar-refractivity contribution is -0.148. The Morgan fingerprint density at radius 1 is 1.23 bits per heavy atom. The molecule has 2 aliphatic heterocycles. The number of hydrogen-bond acceptors (Lipinski definition) is 5. The zero-order valence-electron chi connectivity index (χ0n) is 18.0. The smallest absolute Gasteiger partial charge is 0.311 e. The van der Waals surface area contributed by atoms with Crippen molar-refractivity contribution in [2.45, 2.75) is 63.6 Å². The number of carbonyl (C=O) groups excluding carboxylic acids is 2. The number of amides is 1. The minimum absolute atomic E-state index is 0.0140. The number of aliphatic hydroxyl groups excluding tert-OH is 1. The van der Waals surface area contributed by atoms with Gasteiger partial charge < -0.3 is 19.3 Å². The van der Waals surface area contributed by atoms with Crippen molar-refractivity contribution in [3.05, 3.63) is 39.8 Å². The highest BCUT2D eigenvalue weighted by Gasteiger charge is 2.58. The summed E-state index contributed by atoms with van der Waals surface area (Å²) >= 11 is 0. The third-order valence-electron chi connectivity index (χ3n) is 7.60. The molecule has 2 fully saturated rings. The van der Waals surface area contributed by atoms with E-state index >= 15 is 0 Å². The van der Waals surface area contributed by atoms with Gasteiger partial charge in [-0.3, -0.25) is 14.4 Å². The van der Waals surface area contributed by atoms with Crippen LogP contribution in [-0.4, -0.2) is 46.2 Å². The molecule has 1 saturated carbocycles. The van der Waals surface area contributed by atoms with Crippen molar-refractivity contribution in [1.29, 1.82) is 0 Å². The molecule has 2 bridgehead atoms. The molecule has 0 spiro atoms. The first-order valence-electron chi connectivity index (χ1n) is 11.5. The first-order chi connectivity index (χ1) is 15.0. The first kappa shape index (κ1) is 20.5. The molecule has 5 rings (SSSR count). The van der Waals surface area contributed by atoms with Crippen LogP contribution in [0, 0.1) is 17.8 Å². The van der Waals surface area contributed by atoms with Crippen LogP contribution in [0.15, 0.2) is 23.0 Å². The summed E-state index contributed by atoms with van der Waals surface area (Å²) in [6, 6.07) is 2.80. The maximum Gasteiger partial charge on any atom is 0.311 e. The molecular formula is C24H30N2O5. The molecule has 31 heavy (non-hydrogen) atoms. The third kappa shape index (κ3) is 3.34. The number of hydrogen-bond donors (Lipinski definition) is 1. The molecule has 2 aliphatic carbocycles. The Balaban J connectivity index is 1.60. The number of pyridine rings is 1. The molecule has 0 radical (unpaired) electrons. The standard InChI is InChI=1S/C24H30N2O5/c1-31-24(30)21-17(13-27)19-12-25-18(22(21)26(19)20(28)11-14-7-8-14)10-9-16(23(25)29)15-5-3-2-4-6-15/h5,9-10,14,17,19,21-22,27H,2-4,6-8,11-13H2,1H3/t17-,19-,21+,22+/m0/s1. The highest BCUT2D eigenvalue weighted by atomic mass is 16.5. The van der Waals surface area contributed by atoms with E-state index in [0.717, 1.165) is 49.7 Å². The molecular weight excluding hydrogens is 396 g/mol. The van der Waals surface area contributed by atoms with E-state index in [-0.39, 0.29) is 24.1 Å². The van der Waals surface area contributed by atoms with Crippen LogP contribution in [0.1, 0.15) is 62.2 Å².